The molecule has 2 rings (SSSR count). The molecule has 6 heteroatoms. The number of aliphatic hydroxyl groups excluding tert-OH is 2. The van der Waals surface area contributed by atoms with E-state index in [0.29, 0.717) is 37.3 Å². The molecule has 0 saturated heterocycles. The fraction of sp³-hybridized carbons (Fsp3) is 0.783. The largest absolute Gasteiger partial charge is 0.393 e. The van der Waals surface area contributed by atoms with Crippen LogP contribution in [0.25, 0.3) is 0 Å². The first-order chi connectivity index (χ1) is 13.8. The average molecular weight is 408 g/mol. The summed E-state index contributed by atoms with van der Waals surface area (Å²) >= 11 is 0. The summed E-state index contributed by atoms with van der Waals surface area (Å²) in [6, 6.07) is 0. The smallest absolute Gasteiger partial charge is 0.222 e. The van der Waals surface area contributed by atoms with Crippen LogP contribution in [0.1, 0.15) is 58.8 Å². The van der Waals surface area contributed by atoms with Crippen molar-refractivity contribution in [1.82, 2.24) is 10.6 Å². The Kier molecular flexibility index (Phi) is 9.34. The first kappa shape index (κ1) is 24.1. The number of hydrogen-bond acceptors (Lipinski definition) is 5. The lowest BCUT2D eigenvalue weighted by molar-refractivity contribution is -0.123. The van der Waals surface area contributed by atoms with E-state index in [0.717, 1.165) is 19.3 Å². The number of nitrogens with one attached hydrogen (secondary N) is 2. The van der Waals surface area contributed by atoms with Crippen molar-refractivity contribution in [2.75, 3.05) is 20.1 Å². The second-order valence-electron chi connectivity index (χ2n) is 9.00. The Morgan fingerprint density at radius 2 is 2.10 bits per heavy atom. The van der Waals surface area contributed by atoms with E-state index in [1.165, 1.54) is 12.0 Å². The highest BCUT2D eigenvalue weighted by atomic mass is 16.3. The van der Waals surface area contributed by atoms with E-state index in [2.05, 4.69) is 42.7 Å². The van der Waals surface area contributed by atoms with Crippen molar-refractivity contribution in [2.45, 2.75) is 76.5 Å². The van der Waals surface area contributed by atoms with Gasteiger partial charge in [-0.25, -0.2) is 0 Å². The molecule has 0 aliphatic heterocycles. The maximum atomic E-state index is 11.8. The maximum Gasteiger partial charge on any atom is 0.222 e. The van der Waals surface area contributed by atoms with Crippen molar-refractivity contribution in [1.29, 1.82) is 0 Å². The summed E-state index contributed by atoms with van der Waals surface area (Å²) in [5, 5.41) is 27.0. The standard InChI is InChI=1S/C23H41N3O3/c1-16-9-10-23(25-3)18(13-16)6-5-17(2)21(23)8-7-19(27)14-20(28)15-22(29)26-12-4-11-24/h5-6,13,16-17,19-21,25,27-28H,4,7-12,14-15,24H2,1-3H3,(H,26,29)/t16-,17+,19-,20-,21?,23-/m1/s1. The Hall–Kier alpha value is -1.21. The molecule has 0 radical (unpaired) electrons. The monoisotopic (exact) mass is 407 g/mol. The quantitative estimate of drug-likeness (QED) is 0.336. The van der Waals surface area contributed by atoms with E-state index in [-0.39, 0.29) is 24.3 Å². The van der Waals surface area contributed by atoms with Crippen molar-refractivity contribution in [3.63, 3.8) is 0 Å². The molecule has 166 valence electrons. The van der Waals surface area contributed by atoms with Crippen LogP contribution in [0.5, 0.6) is 0 Å². The molecule has 0 aromatic heterocycles. The molecule has 6 nitrogen and oxygen atoms in total. The summed E-state index contributed by atoms with van der Waals surface area (Å²) in [6.45, 7) is 5.57. The third-order valence-corrected chi connectivity index (χ3v) is 6.75. The van der Waals surface area contributed by atoms with E-state index in [1.54, 1.807) is 0 Å². The van der Waals surface area contributed by atoms with Crippen molar-refractivity contribution in [3.8, 4) is 0 Å². The molecule has 0 fully saturated rings. The Balaban J connectivity index is 1.88. The molecule has 6 N–H and O–H groups in total. The fourth-order valence-electron chi connectivity index (χ4n) is 5.05. The Labute approximate surface area is 176 Å². The molecule has 2 aliphatic carbocycles. The van der Waals surface area contributed by atoms with Gasteiger partial charge < -0.3 is 26.6 Å². The molecular weight excluding hydrogens is 366 g/mol. The van der Waals surface area contributed by atoms with Crippen LogP contribution in [0.2, 0.25) is 0 Å². The van der Waals surface area contributed by atoms with Gasteiger partial charge >= 0.3 is 0 Å². The molecular formula is C23H41N3O3. The predicted molar refractivity (Wildman–Crippen MR) is 117 cm³/mol. The van der Waals surface area contributed by atoms with Crippen LogP contribution in [-0.2, 0) is 4.79 Å². The zero-order valence-electron chi connectivity index (χ0n) is 18.4. The molecule has 0 spiro atoms. The zero-order chi connectivity index (χ0) is 21.4. The summed E-state index contributed by atoms with van der Waals surface area (Å²) in [6.07, 6.45) is 10.3. The number of nitrogens with two attached hydrogens (primary N) is 1. The number of carbonyl (C=O) groups is 1. The van der Waals surface area contributed by atoms with Gasteiger partial charge in [-0.05, 0) is 75.4 Å². The van der Waals surface area contributed by atoms with Crippen LogP contribution in [0.4, 0.5) is 0 Å². The maximum absolute atomic E-state index is 11.8. The van der Waals surface area contributed by atoms with Gasteiger partial charge in [-0.3, -0.25) is 4.79 Å². The van der Waals surface area contributed by atoms with Crippen LogP contribution in [0.15, 0.2) is 23.8 Å². The summed E-state index contributed by atoms with van der Waals surface area (Å²) in [4.78, 5) is 11.8. The van der Waals surface area contributed by atoms with Gasteiger partial charge in [-0.1, -0.05) is 32.1 Å². The molecule has 0 aromatic carbocycles. The molecule has 29 heavy (non-hydrogen) atoms. The molecule has 0 bridgehead atoms. The van der Waals surface area contributed by atoms with E-state index in [4.69, 9.17) is 5.73 Å². The normalized spacial score (nSPS) is 31.0. The van der Waals surface area contributed by atoms with Gasteiger partial charge in [0.1, 0.15) is 0 Å². The minimum atomic E-state index is -0.823. The van der Waals surface area contributed by atoms with Gasteiger partial charge in [0, 0.05) is 12.1 Å². The topological polar surface area (TPSA) is 108 Å². The molecule has 0 heterocycles. The second-order valence-corrected chi connectivity index (χ2v) is 9.00. The summed E-state index contributed by atoms with van der Waals surface area (Å²) in [5.41, 5.74) is 6.76. The third kappa shape index (κ3) is 6.38. The molecule has 0 aromatic rings. The number of allylic oxidation sites excluding steroid dienone is 2. The van der Waals surface area contributed by atoms with Gasteiger partial charge in [0.2, 0.25) is 5.91 Å². The Morgan fingerprint density at radius 3 is 2.79 bits per heavy atom. The summed E-state index contributed by atoms with van der Waals surface area (Å²) in [7, 11) is 2.05. The lowest BCUT2D eigenvalue weighted by Gasteiger charge is -2.50. The van der Waals surface area contributed by atoms with Gasteiger partial charge in [0.15, 0.2) is 0 Å². The predicted octanol–water partition coefficient (Wildman–Crippen LogP) is 1.87. The minimum absolute atomic E-state index is 0.0232. The van der Waals surface area contributed by atoms with E-state index < -0.39 is 12.2 Å². The summed E-state index contributed by atoms with van der Waals surface area (Å²) in [5.74, 6) is 1.24. The van der Waals surface area contributed by atoms with Crippen LogP contribution >= 0.6 is 0 Å². The number of carbonyl (C=O) groups excluding carboxylic acids is 1. The van der Waals surface area contributed by atoms with Crippen molar-refractivity contribution >= 4 is 5.91 Å². The molecule has 0 saturated carbocycles. The highest BCUT2D eigenvalue weighted by molar-refractivity contribution is 5.76. The van der Waals surface area contributed by atoms with Crippen molar-refractivity contribution < 1.29 is 15.0 Å². The van der Waals surface area contributed by atoms with Gasteiger partial charge in [0.05, 0.1) is 18.6 Å². The van der Waals surface area contributed by atoms with Crippen LogP contribution < -0.4 is 16.4 Å². The van der Waals surface area contributed by atoms with E-state index in [1.807, 2.05) is 7.05 Å². The SMILES string of the molecule is CN[C@]12CC[C@@H](C)C=C1C=C[C@H](C)C2CC[C@@H](O)C[C@@H](O)CC(=O)NCCCN. The zero-order valence-corrected chi connectivity index (χ0v) is 18.4. The Bertz CT molecular complexity index is 592. The number of rotatable bonds is 11. The van der Waals surface area contributed by atoms with Gasteiger partial charge in [-0.15, -0.1) is 0 Å². The van der Waals surface area contributed by atoms with Crippen molar-refractivity contribution in [2.24, 2.45) is 23.5 Å². The Morgan fingerprint density at radius 1 is 1.34 bits per heavy atom. The second kappa shape index (κ2) is 11.3. The molecule has 1 amide bonds. The van der Waals surface area contributed by atoms with Crippen LogP contribution in [0, 0.1) is 17.8 Å². The number of likely N-dealkylation sites (N-methyl/N-ethyl adjacent to an activating group) is 1. The van der Waals surface area contributed by atoms with E-state index >= 15 is 0 Å². The van der Waals surface area contributed by atoms with Crippen molar-refractivity contribution in [3.05, 3.63) is 23.8 Å². The molecule has 6 atom stereocenters. The number of aliphatic hydroxyl groups is 2. The lowest BCUT2D eigenvalue weighted by atomic mass is 9.61. The minimum Gasteiger partial charge on any atom is -0.393 e. The first-order valence-electron chi connectivity index (χ1n) is 11.2. The molecule has 2 aliphatic rings. The van der Waals surface area contributed by atoms with Crippen LogP contribution in [0.3, 0.4) is 0 Å². The fourth-order valence-corrected chi connectivity index (χ4v) is 5.05. The lowest BCUT2D eigenvalue weighted by Crippen LogP contribution is -2.55. The third-order valence-electron chi connectivity index (χ3n) is 6.75. The highest BCUT2D eigenvalue weighted by Gasteiger charge is 2.45. The first-order valence-corrected chi connectivity index (χ1v) is 11.2. The van der Waals surface area contributed by atoms with Gasteiger partial charge in [-0.2, -0.15) is 0 Å². The summed E-state index contributed by atoms with van der Waals surface area (Å²) < 4.78 is 0. The van der Waals surface area contributed by atoms with E-state index in [9.17, 15) is 15.0 Å². The molecule has 1 unspecified atom stereocenters. The number of fused-ring (bicyclic) bond motifs is 1. The average Bonchev–Trinajstić information content (AvgIpc) is 2.67. The highest BCUT2D eigenvalue weighted by Crippen LogP contribution is 2.46. The van der Waals surface area contributed by atoms with Gasteiger partial charge in [0.25, 0.3) is 0 Å². The number of hydrogen-bond donors (Lipinski definition) is 5. The number of amides is 1. The van der Waals surface area contributed by atoms with Crippen LogP contribution in [-0.4, -0.2) is 54.0 Å².